The molecule has 0 saturated heterocycles. The van der Waals surface area contributed by atoms with Gasteiger partial charge in [-0.1, -0.05) is 36.4 Å². The molecule has 0 fully saturated rings. The smallest absolute Gasteiger partial charge is 0.0641 e. The Morgan fingerprint density at radius 3 is 2.71 bits per heavy atom. The van der Waals surface area contributed by atoms with Crippen molar-refractivity contribution >= 4 is 0 Å². The first-order chi connectivity index (χ1) is 6.86. The summed E-state index contributed by atoms with van der Waals surface area (Å²) in [6, 6.07) is 12.3. The van der Waals surface area contributed by atoms with E-state index in [0.717, 1.165) is 6.54 Å². The fourth-order valence-corrected chi connectivity index (χ4v) is 1.18. The number of hydrogen-bond acceptors (Lipinski definition) is 2. The molecule has 14 heavy (non-hydrogen) atoms. The van der Waals surface area contributed by atoms with Crippen molar-refractivity contribution in [1.29, 1.82) is 5.26 Å². The highest BCUT2D eigenvalue weighted by molar-refractivity contribution is 5.14. The van der Waals surface area contributed by atoms with Crippen LogP contribution in [0.1, 0.15) is 12.0 Å². The number of rotatable bonds is 5. The summed E-state index contributed by atoms with van der Waals surface area (Å²) < 4.78 is 0. The third-order valence-electron chi connectivity index (χ3n) is 2.01. The second-order valence-electron chi connectivity index (χ2n) is 3.07. The molecule has 1 rings (SSSR count). The van der Waals surface area contributed by atoms with Crippen LogP contribution in [-0.4, -0.2) is 6.04 Å². The van der Waals surface area contributed by atoms with Crippen LogP contribution in [0, 0.1) is 11.3 Å². The van der Waals surface area contributed by atoms with E-state index in [9.17, 15) is 0 Å². The van der Waals surface area contributed by atoms with E-state index in [-0.39, 0.29) is 6.04 Å². The van der Waals surface area contributed by atoms with E-state index in [0.29, 0.717) is 6.42 Å². The van der Waals surface area contributed by atoms with Crippen LogP contribution in [0.25, 0.3) is 0 Å². The molecule has 1 N–H and O–H groups in total. The van der Waals surface area contributed by atoms with E-state index in [1.54, 1.807) is 6.08 Å². The lowest BCUT2D eigenvalue weighted by molar-refractivity contribution is 0.603. The molecule has 0 spiro atoms. The van der Waals surface area contributed by atoms with E-state index >= 15 is 0 Å². The number of nitrogens with one attached hydrogen (secondary N) is 1. The first-order valence-corrected chi connectivity index (χ1v) is 4.63. The van der Waals surface area contributed by atoms with Gasteiger partial charge in [0.2, 0.25) is 0 Å². The minimum absolute atomic E-state index is 0.0835. The quantitative estimate of drug-likeness (QED) is 0.716. The highest BCUT2D eigenvalue weighted by Gasteiger charge is 2.01. The summed E-state index contributed by atoms with van der Waals surface area (Å²) in [4.78, 5) is 0. The molecule has 0 aromatic heterocycles. The molecule has 0 heterocycles. The van der Waals surface area contributed by atoms with Crippen molar-refractivity contribution in [3.05, 3.63) is 48.6 Å². The lowest BCUT2D eigenvalue weighted by Crippen LogP contribution is -2.25. The van der Waals surface area contributed by atoms with Crippen molar-refractivity contribution in [3.63, 3.8) is 0 Å². The molecular weight excluding hydrogens is 172 g/mol. The van der Waals surface area contributed by atoms with Crippen LogP contribution in [0.2, 0.25) is 0 Å². The second kappa shape index (κ2) is 5.95. The normalized spacial score (nSPS) is 11.6. The van der Waals surface area contributed by atoms with Gasteiger partial charge in [0.25, 0.3) is 0 Å². The Hall–Kier alpha value is -1.59. The Morgan fingerprint density at radius 2 is 2.14 bits per heavy atom. The minimum atomic E-state index is 0.0835. The average molecular weight is 186 g/mol. The first-order valence-electron chi connectivity index (χ1n) is 4.63. The maximum Gasteiger partial charge on any atom is 0.0641 e. The summed E-state index contributed by atoms with van der Waals surface area (Å²) >= 11 is 0. The number of benzene rings is 1. The highest BCUT2D eigenvalue weighted by atomic mass is 14.9. The van der Waals surface area contributed by atoms with Gasteiger partial charge in [0.15, 0.2) is 0 Å². The summed E-state index contributed by atoms with van der Waals surface area (Å²) in [5.74, 6) is 0. The first kappa shape index (κ1) is 10.5. The van der Waals surface area contributed by atoms with Gasteiger partial charge in [-0.25, -0.2) is 0 Å². The summed E-state index contributed by atoms with van der Waals surface area (Å²) in [7, 11) is 0. The molecule has 1 aromatic carbocycles. The summed E-state index contributed by atoms with van der Waals surface area (Å²) in [6.07, 6.45) is 2.24. The van der Waals surface area contributed by atoms with Crippen LogP contribution in [0.5, 0.6) is 0 Å². The molecular formula is C12H14N2. The van der Waals surface area contributed by atoms with Crippen molar-refractivity contribution in [3.8, 4) is 6.07 Å². The third-order valence-corrected chi connectivity index (χ3v) is 2.01. The van der Waals surface area contributed by atoms with Crippen LogP contribution in [0.15, 0.2) is 43.0 Å². The van der Waals surface area contributed by atoms with Crippen LogP contribution < -0.4 is 5.32 Å². The second-order valence-corrected chi connectivity index (χ2v) is 3.07. The van der Waals surface area contributed by atoms with Crippen molar-refractivity contribution in [2.75, 3.05) is 0 Å². The largest absolute Gasteiger partial charge is 0.305 e. The number of hydrogen-bond donors (Lipinski definition) is 1. The highest BCUT2D eigenvalue weighted by Crippen LogP contribution is 1.99. The van der Waals surface area contributed by atoms with Gasteiger partial charge in [-0.05, 0) is 5.56 Å². The van der Waals surface area contributed by atoms with Gasteiger partial charge in [0.05, 0.1) is 12.5 Å². The molecule has 1 unspecified atom stereocenters. The Bertz CT molecular complexity index is 311. The Morgan fingerprint density at radius 1 is 1.43 bits per heavy atom. The minimum Gasteiger partial charge on any atom is -0.305 e. The van der Waals surface area contributed by atoms with Gasteiger partial charge < -0.3 is 5.32 Å². The molecule has 0 amide bonds. The van der Waals surface area contributed by atoms with Gasteiger partial charge in [-0.15, -0.1) is 6.58 Å². The molecule has 1 aromatic rings. The number of nitriles is 1. The van der Waals surface area contributed by atoms with Crippen molar-refractivity contribution < 1.29 is 0 Å². The monoisotopic (exact) mass is 186 g/mol. The van der Waals surface area contributed by atoms with E-state index < -0.39 is 0 Å². The number of nitrogens with zero attached hydrogens (tertiary/aromatic N) is 1. The lowest BCUT2D eigenvalue weighted by atomic mass is 10.2. The van der Waals surface area contributed by atoms with Crippen LogP contribution in [0.3, 0.4) is 0 Å². The molecule has 72 valence electrons. The molecule has 1 atom stereocenters. The zero-order chi connectivity index (χ0) is 10.2. The Balaban J connectivity index is 2.40. The molecule has 0 aliphatic heterocycles. The van der Waals surface area contributed by atoms with E-state index in [1.807, 2.05) is 18.2 Å². The maximum absolute atomic E-state index is 8.53. The SMILES string of the molecule is C=CC(CC#N)NCc1ccccc1. The van der Waals surface area contributed by atoms with E-state index in [1.165, 1.54) is 5.56 Å². The van der Waals surface area contributed by atoms with Crippen LogP contribution >= 0.6 is 0 Å². The summed E-state index contributed by atoms with van der Waals surface area (Å²) in [5.41, 5.74) is 1.22. The van der Waals surface area contributed by atoms with Crippen molar-refractivity contribution in [2.24, 2.45) is 0 Å². The van der Waals surface area contributed by atoms with Crippen molar-refractivity contribution in [2.45, 2.75) is 19.0 Å². The summed E-state index contributed by atoms with van der Waals surface area (Å²) in [6.45, 7) is 4.46. The molecule has 0 saturated carbocycles. The van der Waals surface area contributed by atoms with Gasteiger partial charge in [-0.3, -0.25) is 0 Å². The van der Waals surface area contributed by atoms with Crippen LogP contribution in [-0.2, 0) is 6.54 Å². The van der Waals surface area contributed by atoms with Gasteiger partial charge in [0.1, 0.15) is 0 Å². The molecule has 0 aliphatic rings. The molecule has 2 nitrogen and oxygen atoms in total. The predicted molar refractivity (Wildman–Crippen MR) is 57.5 cm³/mol. The topological polar surface area (TPSA) is 35.8 Å². The lowest BCUT2D eigenvalue weighted by Gasteiger charge is -2.10. The summed E-state index contributed by atoms with van der Waals surface area (Å²) in [5, 5.41) is 11.8. The standard InChI is InChI=1S/C12H14N2/c1-2-12(8-9-13)14-10-11-6-4-3-5-7-11/h2-7,12,14H,1,8,10H2. The van der Waals surface area contributed by atoms with E-state index in [4.69, 9.17) is 5.26 Å². The zero-order valence-electron chi connectivity index (χ0n) is 8.11. The molecule has 0 radical (unpaired) electrons. The fraction of sp³-hybridized carbons (Fsp3) is 0.250. The van der Waals surface area contributed by atoms with E-state index in [2.05, 4.69) is 30.1 Å². The third kappa shape index (κ3) is 3.42. The Kier molecular flexibility index (Phi) is 4.46. The molecule has 0 bridgehead atoms. The van der Waals surface area contributed by atoms with Crippen molar-refractivity contribution in [1.82, 2.24) is 5.32 Å². The Labute approximate surface area is 84.9 Å². The zero-order valence-corrected chi connectivity index (χ0v) is 8.11. The van der Waals surface area contributed by atoms with Gasteiger partial charge in [0, 0.05) is 12.6 Å². The maximum atomic E-state index is 8.53. The van der Waals surface area contributed by atoms with Crippen LogP contribution in [0.4, 0.5) is 0 Å². The predicted octanol–water partition coefficient (Wildman–Crippen LogP) is 2.24. The fourth-order valence-electron chi connectivity index (χ4n) is 1.18. The average Bonchev–Trinajstić information content (AvgIpc) is 2.25. The van der Waals surface area contributed by atoms with Gasteiger partial charge in [-0.2, -0.15) is 5.26 Å². The van der Waals surface area contributed by atoms with Gasteiger partial charge >= 0.3 is 0 Å². The molecule has 0 aliphatic carbocycles. The molecule has 2 heteroatoms.